The highest BCUT2D eigenvalue weighted by Gasteiger charge is 2.30. The van der Waals surface area contributed by atoms with Crippen LogP contribution in [0.15, 0.2) is 47.4 Å². The van der Waals surface area contributed by atoms with Crippen molar-refractivity contribution < 1.29 is 31.8 Å². The monoisotopic (exact) mass is 381 g/mol. The minimum Gasteiger partial charge on any atom is -0.486 e. The lowest BCUT2D eigenvalue weighted by molar-refractivity contribution is -0.138. The molecule has 1 aliphatic rings. The first kappa shape index (κ1) is 18.0. The van der Waals surface area contributed by atoms with Gasteiger partial charge in [0.1, 0.15) is 25.6 Å². The third-order valence-corrected chi connectivity index (χ3v) is 5.48. The average molecular weight is 381 g/mol. The van der Waals surface area contributed by atoms with Gasteiger partial charge >= 0.3 is 5.97 Å². The molecule has 0 fully saturated rings. The van der Waals surface area contributed by atoms with E-state index in [1.807, 2.05) is 0 Å². The number of nitrogens with zero attached hydrogens (tertiary/aromatic N) is 1. The number of benzene rings is 2. The summed E-state index contributed by atoms with van der Waals surface area (Å²) in [5.74, 6) is -0.920. The predicted octanol–water partition coefficient (Wildman–Crippen LogP) is 1.97. The van der Waals surface area contributed by atoms with Gasteiger partial charge in [0.2, 0.25) is 0 Å². The predicted molar refractivity (Wildman–Crippen MR) is 90.4 cm³/mol. The normalized spacial score (nSPS) is 13.2. The number of hydrogen-bond donors (Lipinski definition) is 0. The van der Waals surface area contributed by atoms with Gasteiger partial charge in [-0.15, -0.1) is 0 Å². The van der Waals surface area contributed by atoms with E-state index in [4.69, 9.17) is 9.47 Å². The summed E-state index contributed by atoms with van der Waals surface area (Å²) in [6.07, 6.45) is 0. The molecular formula is C17H16FNO6S. The number of para-hydroxylation sites is 1. The molecule has 0 aliphatic carbocycles. The maximum atomic E-state index is 14.2. The number of sulfonamides is 1. The summed E-state index contributed by atoms with van der Waals surface area (Å²) in [5, 5.41) is 0. The van der Waals surface area contributed by atoms with Crippen LogP contribution in [0.3, 0.4) is 0 Å². The van der Waals surface area contributed by atoms with Crippen LogP contribution in [0.2, 0.25) is 0 Å². The summed E-state index contributed by atoms with van der Waals surface area (Å²) < 4.78 is 56.3. The van der Waals surface area contributed by atoms with Crippen molar-refractivity contribution in [2.24, 2.45) is 0 Å². The van der Waals surface area contributed by atoms with Gasteiger partial charge in [-0.05, 0) is 24.3 Å². The first-order valence-electron chi connectivity index (χ1n) is 7.67. The first-order chi connectivity index (χ1) is 12.4. The van der Waals surface area contributed by atoms with E-state index in [0.29, 0.717) is 16.7 Å². The molecule has 0 radical (unpaired) electrons. The average Bonchev–Trinajstić information content (AvgIpc) is 2.66. The second-order valence-electron chi connectivity index (χ2n) is 5.34. The number of anilines is 1. The molecular weight excluding hydrogens is 365 g/mol. The van der Waals surface area contributed by atoms with Gasteiger partial charge in [-0.2, -0.15) is 0 Å². The molecule has 0 spiro atoms. The van der Waals surface area contributed by atoms with E-state index < -0.39 is 28.4 Å². The molecule has 0 atom stereocenters. The third-order valence-electron chi connectivity index (χ3n) is 3.72. The topological polar surface area (TPSA) is 82.1 Å². The van der Waals surface area contributed by atoms with Gasteiger partial charge in [-0.1, -0.05) is 12.1 Å². The highest BCUT2D eigenvalue weighted by molar-refractivity contribution is 7.92. The van der Waals surface area contributed by atoms with Crippen molar-refractivity contribution in [1.82, 2.24) is 0 Å². The zero-order valence-electron chi connectivity index (χ0n) is 13.8. The second-order valence-corrected chi connectivity index (χ2v) is 7.21. The maximum absolute atomic E-state index is 14.2. The zero-order valence-corrected chi connectivity index (χ0v) is 14.7. The fraction of sp³-hybridized carbons (Fsp3) is 0.235. The van der Waals surface area contributed by atoms with Gasteiger partial charge in [0.05, 0.1) is 17.7 Å². The molecule has 1 aliphatic heterocycles. The molecule has 138 valence electrons. The number of carbonyl (C=O) groups is 1. The molecule has 0 saturated heterocycles. The van der Waals surface area contributed by atoms with Gasteiger partial charge in [0.25, 0.3) is 10.0 Å². The number of methoxy groups -OCH3 is 1. The van der Waals surface area contributed by atoms with Crippen LogP contribution in [-0.2, 0) is 19.6 Å². The van der Waals surface area contributed by atoms with Crippen molar-refractivity contribution in [2.45, 2.75) is 4.90 Å². The minimum atomic E-state index is -4.26. The molecule has 0 unspecified atom stereocenters. The van der Waals surface area contributed by atoms with Crippen LogP contribution in [0.4, 0.5) is 10.1 Å². The molecule has 0 saturated carbocycles. The number of ether oxygens (including phenoxy) is 3. The Morgan fingerprint density at radius 1 is 1.15 bits per heavy atom. The molecule has 0 bridgehead atoms. The van der Waals surface area contributed by atoms with E-state index in [1.165, 1.54) is 36.4 Å². The van der Waals surface area contributed by atoms with Crippen LogP contribution in [0, 0.1) is 5.82 Å². The number of rotatable bonds is 5. The van der Waals surface area contributed by atoms with E-state index in [0.717, 1.165) is 13.2 Å². The van der Waals surface area contributed by atoms with Crippen molar-refractivity contribution in [3.8, 4) is 11.5 Å². The molecule has 1 heterocycles. The lowest BCUT2D eigenvalue weighted by Crippen LogP contribution is -2.37. The van der Waals surface area contributed by atoms with Crippen molar-refractivity contribution in [2.75, 3.05) is 31.2 Å². The smallest absolute Gasteiger partial charge is 0.326 e. The molecule has 7 nitrogen and oxygen atoms in total. The first-order valence-corrected chi connectivity index (χ1v) is 9.11. The molecule has 0 aromatic heterocycles. The summed E-state index contributed by atoms with van der Waals surface area (Å²) in [4.78, 5) is 11.6. The molecule has 9 heteroatoms. The second kappa shape index (κ2) is 7.20. The summed E-state index contributed by atoms with van der Waals surface area (Å²) >= 11 is 0. The van der Waals surface area contributed by atoms with Crippen LogP contribution >= 0.6 is 0 Å². The summed E-state index contributed by atoms with van der Waals surface area (Å²) in [6, 6.07) is 9.34. The summed E-state index contributed by atoms with van der Waals surface area (Å²) in [6.45, 7) is -0.0211. The molecule has 3 rings (SSSR count). The third kappa shape index (κ3) is 3.43. The molecule has 0 N–H and O–H groups in total. The van der Waals surface area contributed by atoms with Gasteiger partial charge < -0.3 is 14.2 Å². The van der Waals surface area contributed by atoms with Gasteiger partial charge in [0.15, 0.2) is 11.5 Å². The van der Waals surface area contributed by atoms with Gasteiger partial charge in [-0.3, -0.25) is 9.10 Å². The molecule has 2 aromatic carbocycles. The van der Waals surface area contributed by atoms with E-state index in [1.54, 1.807) is 0 Å². The molecule has 26 heavy (non-hydrogen) atoms. The Morgan fingerprint density at radius 2 is 1.85 bits per heavy atom. The Kier molecular flexibility index (Phi) is 4.99. The zero-order chi connectivity index (χ0) is 18.7. The Hall–Kier alpha value is -2.81. The Morgan fingerprint density at radius 3 is 2.54 bits per heavy atom. The van der Waals surface area contributed by atoms with E-state index in [9.17, 15) is 17.6 Å². The summed E-state index contributed by atoms with van der Waals surface area (Å²) in [7, 11) is -3.13. The number of hydrogen-bond acceptors (Lipinski definition) is 6. The van der Waals surface area contributed by atoms with E-state index in [-0.39, 0.29) is 22.9 Å². The fourth-order valence-electron chi connectivity index (χ4n) is 2.45. The van der Waals surface area contributed by atoms with Crippen molar-refractivity contribution >= 4 is 21.7 Å². The maximum Gasteiger partial charge on any atom is 0.326 e. The van der Waals surface area contributed by atoms with Crippen molar-refractivity contribution in [1.29, 1.82) is 0 Å². The fourth-order valence-corrected chi connectivity index (χ4v) is 3.88. The number of fused-ring (bicyclic) bond motifs is 1. The quantitative estimate of drug-likeness (QED) is 0.737. The SMILES string of the molecule is COC(=O)CN(c1ccccc1F)S(=O)(=O)c1ccc2c(c1)OCCO2. The Labute approximate surface area is 149 Å². The highest BCUT2D eigenvalue weighted by atomic mass is 32.2. The largest absolute Gasteiger partial charge is 0.486 e. The Balaban J connectivity index is 2.07. The van der Waals surface area contributed by atoms with E-state index >= 15 is 0 Å². The van der Waals surface area contributed by atoms with Gasteiger partial charge in [0, 0.05) is 6.07 Å². The lowest BCUT2D eigenvalue weighted by atomic mass is 10.3. The minimum absolute atomic E-state index is 0.158. The number of carbonyl (C=O) groups excluding carboxylic acids is 1. The molecule has 2 aromatic rings. The van der Waals surface area contributed by atoms with Crippen LogP contribution in [0.5, 0.6) is 11.5 Å². The molecule has 0 amide bonds. The van der Waals surface area contributed by atoms with E-state index in [2.05, 4.69) is 4.74 Å². The van der Waals surface area contributed by atoms with Crippen LogP contribution in [-0.4, -0.2) is 41.3 Å². The summed E-state index contributed by atoms with van der Waals surface area (Å²) in [5.41, 5.74) is -0.257. The van der Waals surface area contributed by atoms with Crippen molar-refractivity contribution in [3.63, 3.8) is 0 Å². The van der Waals surface area contributed by atoms with Crippen LogP contribution < -0.4 is 13.8 Å². The van der Waals surface area contributed by atoms with Crippen molar-refractivity contribution in [3.05, 3.63) is 48.3 Å². The Bertz CT molecular complexity index is 931. The lowest BCUT2D eigenvalue weighted by Gasteiger charge is -2.25. The van der Waals surface area contributed by atoms with Crippen LogP contribution in [0.25, 0.3) is 0 Å². The van der Waals surface area contributed by atoms with Gasteiger partial charge in [-0.25, -0.2) is 12.8 Å². The van der Waals surface area contributed by atoms with Crippen LogP contribution in [0.1, 0.15) is 0 Å². The number of esters is 1. The highest BCUT2D eigenvalue weighted by Crippen LogP contribution is 2.34. The number of halogens is 1. The standard InChI is InChI=1S/C17H16FNO6S/c1-23-17(20)11-19(14-5-3-2-4-13(14)18)26(21,22)12-6-7-15-16(10-12)25-9-8-24-15/h2-7,10H,8-9,11H2,1H3.